The number of nitrogens with one attached hydrogen (secondary N) is 1. The molecule has 5 saturated carbocycles. The Morgan fingerprint density at radius 2 is 1.70 bits per heavy atom. The SMILES string of the molecule is CC(C)[C@@H](OC(=O)N(C)C)[C@H]1CCC2[C@@H](CC3C4CC[C@H]5C(C)(C)[C@@H](OC6CNCCO6)CCC56C[C@@]46CCC32C)O1.CN. The van der Waals surface area contributed by atoms with Crippen LogP contribution in [0.4, 0.5) is 4.79 Å². The average molecular weight is 618 g/mol. The summed E-state index contributed by atoms with van der Waals surface area (Å²) < 4.78 is 25.6. The highest BCUT2D eigenvalue weighted by Gasteiger charge is 2.80. The molecule has 2 saturated heterocycles. The van der Waals surface area contributed by atoms with Crippen molar-refractivity contribution in [3.63, 3.8) is 0 Å². The molecule has 0 aromatic rings. The van der Waals surface area contributed by atoms with Crippen molar-refractivity contribution >= 4 is 6.09 Å². The number of ether oxygens (including phenoxy) is 4. The Morgan fingerprint density at radius 3 is 2.39 bits per heavy atom. The minimum Gasteiger partial charge on any atom is -0.443 e. The summed E-state index contributed by atoms with van der Waals surface area (Å²) in [7, 11) is 5.02. The lowest BCUT2D eigenvalue weighted by Crippen LogP contribution is -2.56. The maximum absolute atomic E-state index is 12.5. The molecule has 0 aromatic carbocycles. The monoisotopic (exact) mass is 617 g/mol. The second kappa shape index (κ2) is 11.9. The van der Waals surface area contributed by atoms with Crippen LogP contribution in [0.5, 0.6) is 0 Å². The van der Waals surface area contributed by atoms with Gasteiger partial charge >= 0.3 is 6.09 Å². The van der Waals surface area contributed by atoms with Crippen molar-refractivity contribution in [1.29, 1.82) is 0 Å². The van der Waals surface area contributed by atoms with E-state index in [-0.39, 0.29) is 42.0 Å². The van der Waals surface area contributed by atoms with Crippen LogP contribution in [0.25, 0.3) is 0 Å². The Labute approximate surface area is 267 Å². The van der Waals surface area contributed by atoms with Gasteiger partial charge in [0, 0.05) is 27.2 Å². The minimum absolute atomic E-state index is 0.00953. The fraction of sp³-hybridized carbons (Fsp3) is 0.972. The van der Waals surface area contributed by atoms with E-state index < -0.39 is 0 Å². The first-order chi connectivity index (χ1) is 20.9. The normalized spacial score (nSPS) is 47.4. The molecule has 3 N–H and O–H groups in total. The van der Waals surface area contributed by atoms with E-state index in [0.717, 1.165) is 43.9 Å². The van der Waals surface area contributed by atoms with Crippen LogP contribution in [0.3, 0.4) is 0 Å². The van der Waals surface area contributed by atoms with Gasteiger partial charge in [0.2, 0.25) is 0 Å². The predicted molar refractivity (Wildman–Crippen MR) is 172 cm³/mol. The fourth-order valence-electron chi connectivity index (χ4n) is 12.4. The van der Waals surface area contributed by atoms with Crippen LogP contribution in [-0.2, 0) is 18.9 Å². The third-order valence-electron chi connectivity index (χ3n) is 14.4. The molecule has 2 spiro atoms. The number of nitrogens with zero attached hydrogens (tertiary/aromatic N) is 1. The molecular weight excluding hydrogens is 554 g/mol. The Balaban J connectivity index is 0.00000168. The highest BCUT2D eigenvalue weighted by atomic mass is 16.7. The number of fused-ring (bicyclic) bond motifs is 4. The molecule has 2 heterocycles. The lowest BCUT2D eigenvalue weighted by atomic mass is 9.46. The zero-order valence-corrected chi connectivity index (χ0v) is 29.0. The summed E-state index contributed by atoms with van der Waals surface area (Å²) in [6.45, 7) is 14.5. The summed E-state index contributed by atoms with van der Waals surface area (Å²) in [6.07, 6.45) is 13.0. The molecule has 252 valence electrons. The lowest BCUT2D eigenvalue weighted by molar-refractivity contribution is -0.232. The first-order valence-electron chi connectivity index (χ1n) is 18.0. The van der Waals surface area contributed by atoms with Crippen molar-refractivity contribution in [2.24, 2.45) is 57.0 Å². The summed E-state index contributed by atoms with van der Waals surface area (Å²) in [5, 5.41) is 3.45. The van der Waals surface area contributed by atoms with Crippen LogP contribution in [-0.4, -0.2) is 82.5 Å². The molecule has 0 radical (unpaired) electrons. The number of hydrogen-bond acceptors (Lipinski definition) is 7. The molecule has 5 aliphatic carbocycles. The number of carbonyl (C=O) groups is 1. The minimum atomic E-state index is -0.254. The van der Waals surface area contributed by atoms with E-state index in [1.807, 2.05) is 0 Å². The van der Waals surface area contributed by atoms with Crippen LogP contribution < -0.4 is 11.1 Å². The standard InChI is InChI=1S/C35H58N2O5.CH5N/c1-21(2)30(42-31(38)37(6)7)25-10-8-23-26(40-25)18-24-22-9-11-27-32(3,4)28(41-29-19-36-16-17-39-29)12-13-35(27)20-34(22,35)15-14-33(23,24)5;1-2/h21-30,36H,8-20H2,1-7H3;2H2,1H3/t22?,23?,24?,25-,26-,27+,28+,29?,30-,33?,34+,35?;/m1./s1. The number of carbonyl (C=O) groups excluding carboxylic acids is 1. The summed E-state index contributed by atoms with van der Waals surface area (Å²) in [4.78, 5) is 14.0. The molecule has 0 aromatic heterocycles. The van der Waals surface area contributed by atoms with Crippen molar-refractivity contribution in [1.82, 2.24) is 10.2 Å². The van der Waals surface area contributed by atoms with Crippen molar-refractivity contribution in [3.8, 4) is 0 Å². The van der Waals surface area contributed by atoms with Gasteiger partial charge in [-0.2, -0.15) is 0 Å². The van der Waals surface area contributed by atoms with Crippen LogP contribution >= 0.6 is 0 Å². The Bertz CT molecular complexity index is 1050. The highest BCUT2D eigenvalue weighted by Crippen LogP contribution is 2.87. The first-order valence-corrected chi connectivity index (χ1v) is 18.0. The fourth-order valence-corrected chi connectivity index (χ4v) is 12.4. The van der Waals surface area contributed by atoms with E-state index in [2.05, 4.69) is 45.7 Å². The molecule has 8 heteroatoms. The van der Waals surface area contributed by atoms with E-state index in [9.17, 15) is 4.79 Å². The number of morpholine rings is 1. The summed E-state index contributed by atoms with van der Waals surface area (Å²) in [6, 6.07) is 0. The molecule has 7 rings (SSSR count). The van der Waals surface area contributed by atoms with Gasteiger partial charge in [0.15, 0.2) is 6.29 Å². The second-order valence-electron chi connectivity index (χ2n) is 16.9. The number of hydrogen-bond donors (Lipinski definition) is 2. The summed E-state index contributed by atoms with van der Waals surface area (Å²) in [5.74, 6) is 3.24. The van der Waals surface area contributed by atoms with Gasteiger partial charge in [-0.25, -0.2) is 4.79 Å². The lowest BCUT2D eigenvalue weighted by Gasteiger charge is -2.60. The molecule has 1 amide bonds. The zero-order valence-electron chi connectivity index (χ0n) is 29.0. The van der Waals surface area contributed by atoms with Gasteiger partial charge in [-0.1, -0.05) is 34.6 Å². The first kappa shape index (κ1) is 33.0. The van der Waals surface area contributed by atoms with Gasteiger partial charge in [-0.15, -0.1) is 0 Å². The van der Waals surface area contributed by atoms with Crippen LogP contribution in [0.1, 0.15) is 98.8 Å². The number of amides is 1. The zero-order chi connectivity index (χ0) is 31.7. The smallest absolute Gasteiger partial charge is 0.409 e. The summed E-state index contributed by atoms with van der Waals surface area (Å²) >= 11 is 0. The average Bonchev–Trinajstić information content (AvgIpc) is 3.58. The Kier molecular flexibility index (Phi) is 8.96. The number of nitrogens with two attached hydrogens (primary N) is 1. The van der Waals surface area contributed by atoms with E-state index >= 15 is 0 Å². The van der Waals surface area contributed by atoms with Gasteiger partial charge < -0.3 is 34.9 Å². The molecule has 7 fully saturated rings. The van der Waals surface area contributed by atoms with Crippen molar-refractivity contribution in [2.75, 3.05) is 40.8 Å². The van der Waals surface area contributed by atoms with E-state index in [1.165, 1.54) is 69.7 Å². The molecule has 12 atom stereocenters. The number of rotatable bonds is 5. The van der Waals surface area contributed by atoms with Gasteiger partial charge in [-0.3, -0.25) is 0 Å². The molecule has 8 nitrogen and oxygen atoms in total. The van der Waals surface area contributed by atoms with Crippen LogP contribution in [0.2, 0.25) is 0 Å². The van der Waals surface area contributed by atoms with E-state index in [0.29, 0.717) is 28.3 Å². The molecule has 44 heavy (non-hydrogen) atoms. The Hall–Kier alpha value is -0.930. The van der Waals surface area contributed by atoms with E-state index in [1.54, 1.807) is 14.1 Å². The third-order valence-corrected chi connectivity index (χ3v) is 14.4. The maximum Gasteiger partial charge on any atom is 0.409 e. The predicted octanol–water partition coefficient (Wildman–Crippen LogP) is 5.82. The van der Waals surface area contributed by atoms with Gasteiger partial charge in [0.05, 0.1) is 24.9 Å². The molecule has 7 aliphatic rings. The van der Waals surface area contributed by atoms with Gasteiger partial charge in [0.1, 0.15) is 6.10 Å². The maximum atomic E-state index is 12.5. The largest absolute Gasteiger partial charge is 0.443 e. The highest BCUT2D eigenvalue weighted by molar-refractivity contribution is 5.67. The summed E-state index contributed by atoms with van der Waals surface area (Å²) in [5.41, 5.74) is 6.13. The Morgan fingerprint density at radius 1 is 0.955 bits per heavy atom. The molecule has 6 unspecified atom stereocenters. The van der Waals surface area contributed by atoms with Crippen LogP contribution in [0, 0.1) is 51.2 Å². The van der Waals surface area contributed by atoms with Gasteiger partial charge in [0.25, 0.3) is 0 Å². The van der Waals surface area contributed by atoms with Crippen molar-refractivity contribution in [3.05, 3.63) is 0 Å². The van der Waals surface area contributed by atoms with Gasteiger partial charge in [-0.05, 0) is 123 Å². The molecule has 0 bridgehead atoms. The van der Waals surface area contributed by atoms with Crippen molar-refractivity contribution < 1.29 is 23.7 Å². The quantitative estimate of drug-likeness (QED) is 0.401. The van der Waals surface area contributed by atoms with Crippen LogP contribution in [0.15, 0.2) is 0 Å². The topological polar surface area (TPSA) is 95.3 Å². The molecular formula is C36H63N3O5. The van der Waals surface area contributed by atoms with Crippen molar-refractivity contribution in [2.45, 2.75) is 130 Å². The molecule has 2 aliphatic heterocycles. The van der Waals surface area contributed by atoms with E-state index in [4.69, 9.17) is 18.9 Å². The second-order valence-corrected chi connectivity index (χ2v) is 16.9. The third kappa shape index (κ3) is 4.98.